The second kappa shape index (κ2) is 11.4. The molecule has 142 valence electrons. The van der Waals surface area contributed by atoms with E-state index in [1.54, 1.807) is 19.1 Å². The molecular formula is C19H32N2O4. The summed E-state index contributed by atoms with van der Waals surface area (Å²) in [4.78, 5) is 35.7. The summed E-state index contributed by atoms with van der Waals surface area (Å²) in [7, 11) is 1.29. The van der Waals surface area contributed by atoms with Crippen LogP contribution in [0.4, 0.5) is 0 Å². The monoisotopic (exact) mass is 352 g/mol. The lowest BCUT2D eigenvalue weighted by atomic mass is 9.96. The van der Waals surface area contributed by atoms with E-state index in [9.17, 15) is 14.4 Å². The van der Waals surface area contributed by atoms with Crippen molar-refractivity contribution in [3.05, 3.63) is 24.3 Å². The summed E-state index contributed by atoms with van der Waals surface area (Å²) in [6.45, 7) is 9.74. The van der Waals surface area contributed by atoms with Crippen LogP contribution in [0.25, 0.3) is 0 Å². The largest absolute Gasteiger partial charge is 0.467 e. The lowest BCUT2D eigenvalue weighted by Gasteiger charge is -2.19. The number of ether oxygens (including phenoxy) is 1. The van der Waals surface area contributed by atoms with E-state index in [0.29, 0.717) is 6.42 Å². The van der Waals surface area contributed by atoms with E-state index in [-0.39, 0.29) is 11.3 Å². The molecule has 25 heavy (non-hydrogen) atoms. The molecule has 0 unspecified atom stereocenters. The Morgan fingerprint density at radius 1 is 1.12 bits per heavy atom. The van der Waals surface area contributed by atoms with Crippen molar-refractivity contribution in [2.24, 2.45) is 5.41 Å². The third kappa shape index (κ3) is 11.1. The Bertz CT molecular complexity index is 504. The van der Waals surface area contributed by atoms with Gasteiger partial charge in [-0.3, -0.25) is 9.59 Å². The number of amides is 2. The van der Waals surface area contributed by atoms with Gasteiger partial charge in [0, 0.05) is 6.08 Å². The molecule has 0 aromatic rings. The topological polar surface area (TPSA) is 84.5 Å². The fraction of sp³-hybridized carbons (Fsp3) is 0.632. The van der Waals surface area contributed by atoms with Gasteiger partial charge in [-0.1, -0.05) is 58.8 Å². The van der Waals surface area contributed by atoms with Gasteiger partial charge in [0.15, 0.2) is 0 Å². The molecule has 0 aromatic carbocycles. The Balaban J connectivity index is 4.56. The van der Waals surface area contributed by atoms with E-state index >= 15 is 0 Å². The van der Waals surface area contributed by atoms with Crippen molar-refractivity contribution in [2.75, 3.05) is 7.11 Å². The van der Waals surface area contributed by atoms with Crippen molar-refractivity contribution in [2.45, 2.75) is 66.0 Å². The second-order valence-corrected chi connectivity index (χ2v) is 7.04. The zero-order valence-electron chi connectivity index (χ0n) is 16.2. The first-order chi connectivity index (χ1) is 11.6. The van der Waals surface area contributed by atoms with Crippen LogP contribution in [0.3, 0.4) is 0 Å². The average Bonchev–Trinajstić information content (AvgIpc) is 2.53. The van der Waals surface area contributed by atoms with Crippen LogP contribution in [0.2, 0.25) is 0 Å². The van der Waals surface area contributed by atoms with Gasteiger partial charge >= 0.3 is 5.97 Å². The number of allylic oxidation sites excluding steroid dienone is 3. The minimum absolute atomic E-state index is 0.0371. The predicted octanol–water partition coefficient (Wildman–Crippen LogP) is 2.50. The van der Waals surface area contributed by atoms with Gasteiger partial charge in [-0.2, -0.15) is 0 Å². The molecule has 0 saturated carbocycles. The zero-order chi connectivity index (χ0) is 19.5. The van der Waals surface area contributed by atoms with Crippen molar-refractivity contribution >= 4 is 17.8 Å². The van der Waals surface area contributed by atoms with E-state index in [0.717, 1.165) is 12.8 Å². The molecule has 0 heterocycles. The quantitative estimate of drug-likeness (QED) is 0.379. The van der Waals surface area contributed by atoms with E-state index in [2.05, 4.69) is 31.4 Å². The first-order valence-electron chi connectivity index (χ1n) is 8.65. The Morgan fingerprint density at radius 3 is 2.28 bits per heavy atom. The number of methoxy groups -OCH3 is 1. The number of rotatable bonds is 9. The van der Waals surface area contributed by atoms with Crippen LogP contribution in [0.5, 0.6) is 0 Å². The number of hydrogen-bond acceptors (Lipinski definition) is 4. The molecule has 2 amide bonds. The normalized spacial score (nSPS) is 14.3. The molecule has 0 bridgehead atoms. The predicted molar refractivity (Wildman–Crippen MR) is 98.8 cm³/mol. The lowest BCUT2D eigenvalue weighted by Crippen LogP contribution is -2.50. The molecule has 0 aromatic heterocycles. The molecule has 0 saturated heterocycles. The van der Waals surface area contributed by atoms with E-state index in [4.69, 9.17) is 4.74 Å². The molecule has 0 fully saturated rings. The van der Waals surface area contributed by atoms with Crippen molar-refractivity contribution in [1.82, 2.24) is 10.6 Å². The van der Waals surface area contributed by atoms with Gasteiger partial charge in [-0.05, 0) is 18.8 Å². The fourth-order valence-corrected chi connectivity index (χ4v) is 1.91. The summed E-state index contributed by atoms with van der Waals surface area (Å²) in [6.07, 6.45) is 8.97. The van der Waals surface area contributed by atoms with Crippen molar-refractivity contribution < 1.29 is 19.1 Å². The van der Waals surface area contributed by atoms with E-state index in [1.807, 2.05) is 13.0 Å². The molecule has 0 aliphatic heterocycles. The molecule has 0 spiro atoms. The van der Waals surface area contributed by atoms with Crippen LogP contribution in [-0.2, 0) is 19.1 Å². The molecule has 0 rings (SSSR count). The van der Waals surface area contributed by atoms with Crippen molar-refractivity contribution in [3.8, 4) is 0 Å². The first kappa shape index (κ1) is 22.9. The van der Waals surface area contributed by atoms with Crippen LogP contribution >= 0.6 is 0 Å². The molecule has 2 atom stereocenters. The number of carbonyl (C=O) groups is 3. The summed E-state index contributed by atoms with van der Waals surface area (Å²) in [5, 5.41) is 5.20. The van der Waals surface area contributed by atoms with Crippen LogP contribution in [0, 0.1) is 5.41 Å². The van der Waals surface area contributed by atoms with Gasteiger partial charge in [-0.25, -0.2) is 4.79 Å². The van der Waals surface area contributed by atoms with Crippen molar-refractivity contribution in [3.63, 3.8) is 0 Å². The van der Waals surface area contributed by atoms with E-state index in [1.165, 1.54) is 13.2 Å². The van der Waals surface area contributed by atoms with Gasteiger partial charge in [0.05, 0.1) is 7.11 Å². The number of unbranched alkanes of at least 4 members (excludes halogenated alkanes) is 1. The maximum atomic E-state index is 12.2. The number of esters is 1. The highest BCUT2D eigenvalue weighted by Crippen LogP contribution is 2.14. The third-order valence-electron chi connectivity index (χ3n) is 3.36. The van der Waals surface area contributed by atoms with Crippen molar-refractivity contribution in [1.29, 1.82) is 0 Å². The Morgan fingerprint density at radius 2 is 1.76 bits per heavy atom. The summed E-state index contributed by atoms with van der Waals surface area (Å²) < 4.78 is 4.70. The summed E-state index contributed by atoms with van der Waals surface area (Å²) in [5.41, 5.74) is 0.0371. The minimum atomic E-state index is -0.752. The van der Waals surface area contributed by atoms with E-state index < -0.39 is 24.0 Å². The molecule has 6 nitrogen and oxygen atoms in total. The summed E-state index contributed by atoms with van der Waals surface area (Å²) in [6, 6.07) is -1.44. The standard InChI is InChI=1S/C19H32N2O4/c1-7-8-11-15(18(24)25-6)21-17(23)14(2)20-16(22)12-9-10-13-19(3,4)5/h9-10,12-15H,7-8,11H2,1-6H3,(H,20,22)(H,21,23)/b12-9+,13-10+/t14-,15-/m0/s1. The SMILES string of the molecule is CCCC[C@H](NC(=O)[C@H](C)NC(=O)/C=C/C=C/C(C)(C)C)C(=O)OC. The zero-order valence-corrected chi connectivity index (χ0v) is 16.2. The molecular weight excluding hydrogens is 320 g/mol. The smallest absolute Gasteiger partial charge is 0.328 e. The highest BCUT2D eigenvalue weighted by atomic mass is 16.5. The van der Waals surface area contributed by atoms with Crippen LogP contribution in [0.15, 0.2) is 24.3 Å². The van der Waals surface area contributed by atoms with Gasteiger partial charge in [0.2, 0.25) is 11.8 Å². The molecule has 0 aliphatic carbocycles. The fourth-order valence-electron chi connectivity index (χ4n) is 1.91. The Labute approximate surface area is 151 Å². The second-order valence-electron chi connectivity index (χ2n) is 7.04. The Hall–Kier alpha value is -2.11. The van der Waals surface area contributed by atoms with Crippen LogP contribution in [0.1, 0.15) is 53.9 Å². The van der Waals surface area contributed by atoms with Gasteiger partial charge in [-0.15, -0.1) is 0 Å². The number of hydrogen-bond donors (Lipinski definition) is 2. The highest BCUT2D eigenvalue weighted by molar-refractivity contribution is 5.94. The summed E-state index contributed by atoms with van der Waals surface area (Å²) in [5.74, 6) is -1.27. The lowest BCUT2D eigenvalue weighted by molar-refractivity contribution is -0.145. The van der Waals surface area contributed by atoms with Crippen LogP contribution < -0.4 is 10.6 Å². The average molecular weight is 352 g/mol. The molecule has 6 heteroatoms. The van der Waals surface area contributed by atoms with Gasteiger partial charge < -0.3 is 15.4 Å². The summed E-state index contributed by atoms with van der Waals surface area (Å²) >= 11 is 0. The molecule has 0 aliphatic rings. The number of carbonyl (C=O) groups excluding carboxylic acids is 3. The number of nitrogens with one attached hydrogen (secondary N) is 2. The maximum Gasteiger partial charge on any atom is 0.328 e. The first-order valence-corrected chi connectivity index (χ1v) is 8.65. The molecule has 0 radical (unpaired) electrons. The molecule has 2 N–H and O–H groups in total. The maximum absolute atomic E-state index is 12.2. The highest BCUT2D eigenvalue weighted by Gasteiger charge is 2.24. The van der Waals surface area contributed by atoms with Gasteiger partial charge in [0.1, 0.15) is 12.1 Å². The van der Waals surface area contributed by atoms with Gasteiger partial charge in [0.25, 0.3) is 0 Å². The third-order valence-corrected chi connectivity index (χ3v) is 3.36. The minimum Gasteiger partial charge on any atom is -0.467 e. The van der Waals surface area contributed by atoms with Crippen LogP contribution in [-0.4, -0.2) is 37.0 Å². The Kier molecular flexibility index (Phi) is 10.5.